The molecule has 7 nitrogen and oxygen atoms in total. The fraction of sp³-hybridized carbons (Fsp3) is 0.136. The Bertz CT molecular complexity index is 1070. The monoisotopic (exact) mass is 390 g/mol. The number of benzene rings is 1. The summed E-state index contributed by atoms with van der Waals surface area (Å²) in [6, 6.07) is 12.8. The Hall–Kier alpha value is -3.87. The lowest BCUT2D eigenvalue weighted by Gasteiger charge is -2.24. The van der Waals surface area contributed by atoms with E-state index in [1.807, 2.05) is 0 Å². The standard InChI is InChI=1S/C22H18N2O5/c1-28-16-7-2-5-14(11-16)20(25)18-19(15-6-3-9-23-12-15)24(22(27)21(18)26)13-17-8-4-10-29-17/h2-12,19,25H,13H2,1H3. The number of aliphatic hydroxyl groups excluding tert-OH is 1. The van der Waals surface area contributed by atoms with Crippen LogP contribution >= 0.6 is 0 Å². The summed E-state index contributed by atoms with van der Waals surface area (Å²) in [7, 11) is 1.51. The van der Waals surface area contributed by atoms with Gasteiger partial charge in [0.15, 0.2) is 0 Å². The average Bonchev–Trinajstić information content (AvgIpc) is 3.36. The molecule has 1 saturated heterocycles. The van der Waals surface area contributed by atoms with Crippen LogP contribution in [0, 0.1) is 0 Å². The second-order valence-electron chi connectivity index (χ2n) is 6.52. The van der Waals surface area contributed by atoms with Gasteiger partial charge in [-0.15, -0.1) is 0 Å². The molecule has 1 aliphatic rings. The highest BCUT2D eigenvalue weighted by Crippen LogP contribution is 2.40. The molecule has 0 saturated carbocycles. The lowest BCUT2D eigenvalue weighted by Crippen LogP contribution is -2.29. The van der Waals surface area contributed by atoms with E-state index in [-0.39, 0.29) is 17.9 Å². The van der Waals surface area contributed by atoms with Crippen LogP contribution in [0.5, 0.6) is 5.75 Å². The van der Waals surface area contributed by atoms with E-state index >= 15 is 0 Å². The highest BCUT2D eigenvalue weighted by molar-refractivity contribution is 6.46. The van der Waals surface area contributed by atoms with Gasteiger partial charge in [-0.1, -0.05) is 18.2 Å². The molecule has 1 amide bonds. The summed E-state index contributed by atoms with van der Waals surface area (Å²) < 4.78 is 10.6. The Morgan fingerprint density at radius 2 is 2.07 bits per heavy atom. The van der Waals surface area contributed by atoms with Crippen molar-refractivity contribution in [3.63, 3.8) is 0 Å². The molecule has 4 rings (SSSR count). The van der Waals surface area contributed by atoms with Gasteiger partial charge < -0.3 is 19.2 Å². The minimum absolute atomic E-state index is 0.00260. The molecule has 3 aromatic rings. The van der Waals surface area contributed by atoms with Crippen LogP contribution in [-0.2, 0) is 16.1 Å². The lowest BCUT2D eigenvalue weighted by molar-refractivity contribution is -0.140. The summed E-state index contributed by atoms with van der Waals surface area (Å²) in [4.78, 5) is 31.2. The van der Waals surface area contributed by atoms with Crippen molar-refractivity contribution >= 4 is 17.4 Å². The van der Waals surface area contributed by atoms with Gasteiger partial charge in [-0.25, -0.2) is 0 Å². The zero-order chi connectivity index (χ0) is 20.4. The van der Waals surface area contributed by atoms with Gasteiger partial charge in [0.1, 0.15) is 17.3 Å². The van der Waals surface area contributed by atoms with Crippen LogP contribution in [0.1, 0.15) is 22.9 Å². The number of aliphatic hydroxyl groups is 1. The van der Waals surface area contributed by atoms with Crippen LogP contribution in [0.15, 0.2) is 77.2 Å². The first-order valence-corrected chi connectivity index (χ1v) is 8.95. The number of Topliss-reactive ketones (excluding diaryl/α,β-unsaturated/α-hetero) is 1. The molecule has 1 unspecified atom stereocenters. The molecule has 1 atom stereocenters. The number of aromatic nitrogens is 1. The van der Waals surface area contributed by atoms with Crippen LogP contribution in [0.2, 0.25) is 0 Å². The van der Waals surface area contributed by atoms with Crippen molar-refractivity contribution in [2.24, 2.45) is 0 Å². The Morgan fingerprint density at radius 3 is 2.76 bits per heavy atom. The third-order valence-electron chi connectivity index (χ3n) is 4.79. The number of hydrogen-bond donors (Lipinski definition) is 1. The Labute approximate surface area is 166 Å². The minimum Gasteiger partial charge on any atom is -0.507 e. The summed E-state index contributed by atoms with van der Waals surface area (Å²) >= 11 is 0. The predicted molar refractivity (Wildman–Crippen MR) is 104 cm³/mol. The van der Waals surface area contributed by atoms with Crippen LogP contribution in [0.4, 0.5) is 0 Å². The number of ether oxygens (including phenoxy) is 1. The Morgan fingerprint density at radius 1 is 1.21 bits per heavy atom. The van der Waals surface area contributed by atoms with E-state index < -0.39 is 17.7 Å². The van der Waals surface area contributed by atoms with E-state index in [0.717, 1.165) is 0 Å². The molecule has 0 radical (unpaired) electrons. The number of rotatable bonds is 5. The van der Waals surface area contributed by atoms with Crippen molar-refractivity contribution in [2.75, 3.05) is 7.11 Å². The lowest BCUT2D eigenvalue weighted by atomic mass is 9.96. The summed E-state index contributed by atoms with van der Waals surface area (Å²) in [6.45, 7) is 0.0893. The Balaban J connectivity index is 1.86. The molecule has 0 spiro atoms. The second kappa shape index (κ2) is 7.63. The third-order valence-corrected chi connectivity index (χ3v) is 4.79. The van der Waals surface area contributed by atoms with Crippen LogP contribution in [0.3, 0.4) is 0 Å². The zero-order valence-corrected chi connectivity index (χ0v) is 15.6. The number of carbonyl (C=O) groups is 2. The third kappa shape index (κ3) is 3.38. The minimum atomic E-state index is -0.792. The van der Waals surface area contributed by atoms with Crippen molar-refractivity contribution in [2.45, 2.75) is 12.6 Å². The van der Waals surface area contributed by atoms with Crippen molar-refractivity contribution in [1.82, 2.24) is 9.88 Å². The number of furan rings is 1. The molecule has 1 aliphatic heterocycles. The first-order valence-electron chi connectivity index (χ1n) is 8.95. The van der Waals surface area contributed by atoms with Crippen molar-refractivity contribution in [3.8, 4) is 5.75 Å². The maximum atomic E-state index is 12.9. The first kappa shape index (κ1) is 18.5. The highest BCUT2D eigenvalue weighted by Gasteiger charge is 2.46. The second-order valence-corrected chi connectivity index (χ2v) is 6.52. The average molecular weight is 390 g/mol. The number of ketones is 1. The molecule has 3 heterocycles. The van der Waals surface area contributed by atoms with E-state index in [1.165, 1.54) is 18.3 Å². The van der Waals surface area contributed by atoms with Gasteiger partial charge in [0.2, 0.25) is 0 Å². The highest BCUT2D eigenvalue weighted by atomic mass is 16.5. The van der Waals surface area contributed by atoms with Gasteiger partial charge in [-0.05, 0) is 35.9 Å². The van der Waals surface area contributed by atoms with Gasteiger partial charge >= 0.3 is 0 Å². The van der Waals surface area contributed by atoms with Crippen LogP contribution in [0.25, 0.3) is 5.76 Å². The number of hydrogen-bond acceptors (Lipinski definition) is 6. The number of pyridine rings is 1. The number of likely N-dealkylation sites (tertiary alicyclic amines) is 1. The predicted octanol–water partition coefficient (Wildman–Crippen LogP) is 3.31. The van der Waals surface area contributed by atoms with Gasteiger partial charge in [0, 0.05) is 18.0 Å². The van der Waals surface area contributed by atoms with Gasteiger partial charge in [-0.3, -0.25) is 14.6 Å². The summed E-state index contributed by atoms with van der Waals surface area (Å²) in [5.74, 6) is -0.678. The van der Waals surface area contributed by atoms with Crippen molar-refractivity contribution in [3.05, 3.63) is 89.6 Å². The van der Waals surface area contributed by atoms with E-state index in [4.69, 9.17) is 9.15 Å². The molecule has 7 heteroatoms. The van der Waals surface area contributed by atoms with E-state index in [0.29, 0.717) is 22.6 Å². The fourth-order valence-corrected chi connectivity index (χ4v) is 3.42. The smallest absolute Gasteiger partial charge is 0.296 e. The fourth-order valence-electron chi connectivity index (χ4n) is 3.42. The normalized spacial score (nSPS) is 18.2. The number of methoxy groups -OCH3 is 1. The zero-order valence-electron chi connectivity index (χ0n) is 15.6. The molecule has 1 aromatic carbocycles. The van der Waals surface area contributed by atoms with Gasteiger partial charge in [0.05, 0.1) is 31.5 Å². The molecule has 0 bridgehead atoms. The quantitative estimate of drug-likeness (QED) is 0.408. The topological polar surface area (TPSA) is 92.9 Å². The first-order chi connectivity index (χ1) is 14.1. The maximum absolute atomic E-state index is 12.9. The van der Waals surface area contributed by atoms with Crippen molar-refractivity contribution < 1.29 is 23.8 Å². The number of amides is 1. The molecule has 0 aliphatic carbocycles. The van der Waals surface area contributed by atoms with E-state index in [2.05, 4.69) is 4.98 Å². The van der Waals surface area contributed by atoms with Gasteiger partial charge in [-0.2, -0.15) is 0 Å². The molecule has 2 aromatic heterocycles. The Kier molecular flexibility index (Phi) is 4.87. The number of carbonyl (C=O) groups excluding carboxylic acids is 2. The largest absolute Gasteiger partial charge is 0.507 e. The number of nitrogens with zero attached hydrogens (tertiary/aromatic N) is 2. The molecule has 1 fully saturated rings. The molecule has 1 N–H and O–H groups in total. The molecular formula is C22H18N2O5. The summed E-state index contributed by atoms with van der Waals surface area (Å²) in [5, 5.41) is 11.0. The summed E-state index contributed by atoms with van der Waals surface area (Å²) in [6.07, 6.45) is 4.68. The van der Waals surface area contributed by atoms with Crippen LogP contribution in [-0.4, -0.2) is 33.8 Å². The van der Waals surface area contributed by atoms with Crippen LogP contribution < -0.4 is 4.74 Å². The van der Waals surface area contributed by atoms with Crippen molar-refractivity contribution in [1.29, 1.82) is 0 Å². The van der Waals surface area contributed by atoms with E-state index in [9.17, 15) is 14.7 Å². The summed E-state index contributed by atoms with van der Waals surface area (Å²) in [5.41, 5.74) is 1.000. The molecule has 146 valence electrons. The SMILES string of the molecule is COc1cccc(C(O)=C2C(=O)C(=O)N(Cc3ccco3)C2c2cccnc2)c1. The maximum Gasteiger partial charge on any atom is 0.296 e. The van der Waals surface area contributed by atoms with E-state index in [1.54, 1.807) is 60.9 Å². The van der Waals surface area contributed by atoms with Gasteiger partial charge in [0.25, 0.3) is 11.7 Å². The molecular weight excluding hydrogens is 372 g/mol. The molecule has 29 heavy (non-hydrogen) atoms.